The van der Waals surface area contributed by atoms with E-state index in [1.807, 2.05) is 6.92 Å². The van der Waals surface area contributed by atoms with Gasteiger partial charge in [0.25, 0.3) is 10.0 Å². The van der Waals surface area contributed by atoms with Gasteiger partial charge in [0.15, 0.2) is 0 Å². The van der Waals surface area contributed by atoms with Crippen molar-refractivity contribution in [2.24, 2.45) is 4.40 Å². The van der Waals surface area contributed by atoms with Crippen molar-refractivity contribution in [2.75, 3.05) is 18.6 Å². The van der Waals surface area contributed by atoms with Gasteiger partial charge in [-0.2, -0.15) is 8.42 Å². The molecule has 0 unspecified atom stereocenters. The molecule has 0 fully saturated rings. The molecule has 0 saturated heterocycles. The number of esters is 1. The standard InChI is InChI=1S/C13H17NO4S3/c1-4-18-12(15)9-20-13(19-3)14-21(16,17)11-7-5-10(2)6-8-11/h5-8H,4,9H2,1-3H3. The lowest BCUT2D eigenvalue weighted by Crippen LogP contribution is -2.08. The third kappa shape index (κ3) is 6.11. The number of carbonyl (C=O) groups is 1. The first-order chi connectivity index (χ1) is 9.89. The van der Waals surface area contributed by atoms with Crippen molar-refractivity contribution in [3.05, 3.63) is 29.8 Å². The van der Waals surface area contributed by atoms with Crippen LogP contribution in [0.25, 0.3) is 0 Å². The second-order valence-electron chi connectivity index (χ2n) is 3.94. The Balaban J connectivity index is 2.85. The molecule has 1 aromatic rings. The second kappa shape index (κ2) is 8.45. The topological polar surface area (TPSA) is 72.8 Å². The summed E-state index contributed by atoms with van der Waals surface area (Å²) >= 11 is 2.23. The molecule has 1 aromatic carbocycles. The van der Waals surface area contributed by atoms with Crippen LogP contribution in [0.1, 0.15) is 12.5 Å². The van der Waals surface area contributed by atoms with Gasteiger partial charge in [-0.3, -0.25) is 4.79 Å². The lowest BCUT2D eigenvalue weighted by Gasteiger charge is -2.04. The largest absolute Gasteiger partial charge is 0.465 e. The highest BCUT2D eigenvalue weighted by molar-refractivity contribution is 8.39. The fraction of sp³-hybridized carbons (Fsp3) is 0.385. The normalized spacial score (nSPS) is 12.2. The average molecular weight is 347 g/mol. The van der Waals surface area contributed by atoms with Crippen molar-refractivity contribution in [2.45, 2.75) is 18.7 Å². The SMILES string of the molecule is CCOC(=O)CSC(=NS(=O)(=O)c1ccc(C)cc1)SC. The van der Waals surface area contributed by atoms with Crippen molar-refractivity contribution < 1.29 is 17.9 Å². The zero-order chi connectivity index (χ0) is 15.9. The Hall–Kier alpha value is -0.990. The summed E-state index contributed by atoms with van der Waals surface area (Å²) in [5, 5.41) is 0. The van der Waals surface area contributed by atoms with E-state index in [9.17, 15) is 13.2 Å². The molecule has 0 spiro atoms. The minimum absolute atomic E-state index is 0.0386. The summed E-state index contributed by atoms with van der Waals surface area (Å²) in [4.78, 5) is 11.4. The van der Waals surface area contributed by atoms with E-state index in [0.29, 0.717) is 11.0 Å². The number of aryl methyl sites for hydroxylation is 1. The predicted octanol–water partition coefficient (Wildman–Crippen LogP) is 2.70. The first kappa shape index (κ1) is 18.1. The van der Waals surface area contributed by atoms with Crippen LogP contribution in [0.3, 0.4) is 0 Å². The number of ether oxygens (including phenoxy) is 1. The maximum absolute atomic E-state index is 12.2. The van der Waals surface area contributed by atoms with E-state index in [0.717, 1.165) is 17.3 Å². The minimum atomic E-state index is -3.75. The summed E-state index contributed by atoms with van der Waals surface area (Å²) < 4.78 is 33.2. The maximum atomic E-state index is 12.2. The Labute approximate surface area is 133 Å². The van der Waals surface area contributed by atoms with Crippen LogP contribution >= 0.6 is 23.5 Å². The monoisotopic (exact) mass is 347 g/mol. The van der Waals surface area contributed by atoms with Crippen molar-refractivity contribution in [3.63, 3.8) is 0 Å². The van der Waals surface area contributed by atoms with Gasteiger partial charge in [0.1, 0.15) is 4.38 Å². The smallest absolute Gasteiger partial charge is 0.316 e. The first-order valence-corrected chi connectivity index (χ1v) is 9.78. The third-order valence-corrected chi connectivity index (χ3v) is 5.84. The van der Waals surface area contributed by atoms with Gasteiger partial charge >= 0.3 is 5.97 Å². The fourth-order valence-electron chi connectivity index (χ4n) is 1.31. The van der Waals surface area contributed by atoms with Crippen LogP contribution in [0.15, 0.2) is 33.6 Å². The predicted molar refractivity (Wildman–Crippen MR) is 88.4 cm³/mol. The van der Waals surface area contributed by atoms with Gasteiger partial charge in [0.2, 0.25) is 0 Å². The summed E-state index contributed by atoms with van der Waals surface area (Å²) in [5.74, 6) is -0.353. The molecule has 0 bridgehead atoms. The van der Waals surface area contributed by atoms with Gasteiger partial charge in [0, 0.05) is 0 Å². The molecule has 0 heterocycles. The first-order valence-electron chi connectivity index (χ1n) is 6.13. The summed E-state index contributed by atoms with van der Waals surface area (Å²) in [6.07, 6.45) is 1.71. The van der Waals surface area contributed by atoms with Crippen LogP contribution in [0.2, 0.25) is 0 Å². The molecular formula is C13H17NO4S3. The highest BCUT2D eigenvalue weighted by Gasteiger charge is 2.15. The van der Waals surface area contributed by atoms with Crippen molar-refractivity contribution in [3.8, 4) is 0 Å². The molecule has 0 aliphatic rings. The highest BCUT2D eigenvalue weighted by Crippen LogP contribution is 2.20. The Morgan fingerprint density at radius 3 is 2.43 bits per heavy atom. The molecule has 0 aliphatic carbocycles. The summed E-state index contributed by atoms with van der Waals surface area (Å²) in [5.41, 5.74) is 0.972. The zero-order valence-corrected chi connectivity index (χ0v) is 14.5. The zero-order valence-electron chi connectivity index (χ0n) is 12.0. The van der Waals surface area contributed by atoms with Gasteiger partial charge in [-0.1, -0.05) is 29.5 Å². The molecule has 0 aromatic heterocycles. The molecule has 0 N–H and O–H groups in total. The van der Waals surface area contributed by atoms with Crippen molar-refractivity contribution >= 4 is 43.9 Å². The minimum Gasteiger partial charge on any atom is -0.465 e. The lowest BCUT2D eigenvalue weighted by molar-refractivity contribution is -0.139. The number of rotatable bonds is 5. The summed E-state index contributed by atoms with van der Waals surface area (Å²) in [7, 11) is -3.75. The van der Waals surface area contributed by atoms with Gasteiger partial charge in [-0.25, -0.2) is 0 Å². The summed E-state index contributed by atoms with van der Waals surface area (Å²) in [6.45, 7) is 3.89. The molecule has 5 nitrogen and oxygen atoms in total. The molecule has 0 amide bonds. The Morgan fingerprint density at radius 1 is 1.29 bits per heavy atom. The van der Waals surface area contributed by atoms with E-state index in [1.54, 1.807) is 25.3 Å². The van der Waals surface area contributed by atoms with Gasteiger partial charge in [-0.05, 0) is 32.2 Å². The highest BCUT2D eigenvalue weighted by atomic mass is 32.2. The van der Waals surface area contributed by atoms with Gasteiger partial charge in [-0.15, -0.1) is 16.2 Å². The molecule has 8 heteroatoms. The van der Waals surface area contributed by atoms with Gasteiger partial charge in [0.05, 0.1) is 17.3 Å². The van der Waals surface area contributed by atoms with E-state index < -0.39 is 16.0 Å². The molecule has 1 rings (SSSR count). The van der Waals surface area contributed by atoms with Crippen molar-refractivity contribution in [1.82, 2.24) is 0 Å². The molecular weight excluding hydrogens is 330 g/mol. The van der Waals surface area contributed by atoms with Crippen LogP contribution in [0, 0.1) is 6.92 Å². The molecule has 0 radical (unpaired) electrons. The maximum Gasteiger partial charge on any atom is 0.316 e. The van der Waals surface area contributed by atoms with Gasteiger partial charge < -0.3 is 4.74 Å². The van der Waals surface area contributed by atoms with Crippen LogP contribution in [0.4, 0.5) is 0 Å². The quantitative estimate of drug-likeness (QED) is 0.463. The molecule has 0 aliphatic heterocycles. The third-order valence-electron chi connectivity index (χ3n) is 2.31. The number of thioether (sulfide) groups is 2. The lowest BCUT2D eigenvalue weighted by atomic mass is 10.2. The van der Waals surface area contributed by atoms with E-state index in [-0.39, 0.29) is 10.6 Å². The number of carbonyl (C=O) groups excluding carboxylic acids is 1. The number of hydrogen-bond acceptors (Lipinski definition) is 6. The molecule has 116 valence electrons. The fourth-order valence-corrected chi connectivity index (χ4v) is 4.16. The number of nitrogens with zero attached hydrogens (tertiary/aromatic N) is 1. The Bertz CT molecular complexity index is 609. The van der Waals surface area contributed by atoms with Crippen LogP contribution in [-0.4, -0.2) is 37.4 Å². The molecule has 0 saturated carbocycles. The molecule has 0 atom stereocenters. The summed E-state index contributed by atoms with van der Waals surface area (Å²) in [6, 6.07) is 6.46. The van der Waals surface area contributed by atoms with Crippen LogP contribution in [0.5, 0.6) is 0 Å². The van der Waals surface area contributed by atoms with Crippen molar-refractivity contribution in [1.29, 1.82) is 0 Å². The van der Waals surface area contributed by atoms with Crippen LogP contribution < -0.4 is 0 Å². The van der Waals surface area contributed by atoms with E-state index in [2.05, 4.69) is 4.40 Å². The molecule has 21 heavy (non-hydrogen) atoms. The van der Waals surface area contributed by atoms with E-state index in [1.165, 1.54) is 23.9 Å². The Kier molecular flexibility index (Phi) is 7.27. The van der Waals surface area contributed by atoms with E-state index in [4.69, 9.17) is 4.74 Å². The number of sulfonamides is 1. The number of benzene rings is 1. The number of hydrogen-bond donors (Lipinski definition) is 0. The average Bonchev–Trinajstić information content (AvgIpc) is 2.44. The van der Waals surface area contributed by atoms with E-state index >= 15 is 0 Å². The second-order valence-corrected chi connectivity index (χ2v) is 7.56. The van der Waals surface area contributed by atoms with Crippen LogP contribution in [-0.2, 0) is 19.6 Å². The Morgan fingerprint density at radius 2 is 1.90 bits per heavy atom.